The Morgan fingerprint density at radius 1 is 1.48 bits per heavy atom. The predicted octanol–water partition coefficient (Wildman–Crippen LogP) is 3.69. The van der Waals surface area contributed by atoms with Crippen LogP contribution in [0.2, 0.25) is 0 Å². The van der Waals surface area contributed by atoms with E-state index in [2.05, 4.69) is 38.2 Å². The van der Waals surface area contributed by atoms with Gasteiger partial charge in [-0.25, -0.2) is 4.79 Å². The first-order valence-electron chi connectivity index (χ1n) is 8.00. The maximum Gasteiger partial charge on any atom is 0.318 e. The normalized spacial score (nSPS) is 18.8. The molecule has 1 aromatic rings. The molecule has 2 rings (SSSR count). The molecule has 1 atom stereocenters. The average molecular weight is 293 g/mol. The second-order valence-corrected chi connectivity index (χ2v) is 6.57. The van der Waals surface area contributed by atoms with Gasteiger partial charge in [-0.3, -0.25) is 0 Å². The average Bonchev–Trinajstić information content (AvgIpc) is 3.06. The summed E-state index contributed by atoms with van der Waals surface area (Å²) >= 11 is 0. The number of nitrogens with zero attached hydrogens (tertiary/aromatic N) is 2. The lowest BCUT2D eigenvalue weighted by atomic mass is 10.1. The minimum atomic E-state index is 0.0145. The summed E-state index contributed by atoms with van der Waals surface area (Å²) < 4.78 is 5.46. The fourth-order valence-electron chi connectivity index (χ4n) is 2.61. The van der Waals surface area contributed by atoms with Gasteiger partial charge in [-0.2, -0.15) is 0 Å². The van der Waals surface area contributed by atoms with Crippen molar-refractivity contribution in [3.63, 3.8) is 0 Å². The molecule has 5 heteroatoms. The van der Waals surface area contributed by atoms with Crippen LogP contribution in [0.1, 0.15) is 70.4 Å². The number of amides is 2. The predicted molar refractivity (Wildman–Crippen MR) is 82.1 cm³/mol. The zero-order valence-electron chi connectivity index (χ0n) is 13.6. The lowest BCUT2D eigenvalue weighted by Gasteiger charge is -2.23. The molecular weight excluding hydrogens is 266 g/mol. The van der Waals surface area contributed by atoms with E-state index in [0.29, 0.717) is 11.8 Å². The van der Waals surface area contributed by atoms with Crippen LogP contribution < -0.4 is 5.32 Å². The van der Waals surface area contributed by atoms with Crippen LogP contribution in [-0.4, -0.2) is 29.2 Å². The number of hydrogen-bond donors (Lipinski definition) is 1. The smallest absolute Gasteiger partial charge is 0.318 e. The molecule has 1 aliphatic heterocycles. The summed E-state index contributed by atoms with van der Waals surface area (Å²) in [6, 6.07) is 2.04. The van der Waals surface area contributed by atoms with Crippen molar-refractivity contribution in [1.29, 1.82) is 0 Å². The van der Waals surface area contributed by atoms with Crippen LogP contribution in [0.25, 0.3) is 0 Å². The van der Waals surface area contributed by atoms with Gasteiger partial charge in [0.1, 0.15) is 0 Å². The molecule has 1 N–H and O–H groups in total. The molecule has 1 aromatic heterocycles. The van der Waals surface area contributed by atoms with Gasteiger partial charge in [0.15, 0.2) is 5.76 Å². The molecular formula is C16H27N3O2. The topological polar surface area (TPSA) is 58.4 Å². The van der Waals surface area contributed by atoms with E-state index in [9.17, 15) is 4.79 Å². The van der Waals surface area contributed by atoms with Crippen molar-refractivity contribution in [2.75, 3.05) is 13.1 Å². The Balaban J connectivity index is 1.97. The Bertz CT molecular complexity index is 468. The van der Waals surface area contributed by atoms with Crippen molar-refractivity contribution >= 4 is 6.03 Å². The SMILES string of the molecule is CC(C)CCNC(=O)N1CCC[C@@H]1c1cc(C(C)C)no1. The molecule has 0 bridgehead atoms. The van der Waals surface area contributed by atoms with Crippen LogP contribution >= 0.6 is 0 Å². The number of carbonyl (C=O) groups is 1. The summed E-state index contributed by atoms with van der Waals surface area (Å²) in [5, 5.41) is 7.12. The molecule has 1 fully saturated rings. The molecule has 0 radical (unpaired) electrons. The minimum Gasteiger partial charge on any atom is -0.359 e. The van der Waals surface area contributed by atoms with E-state index in [1.807, 2.05) is 11.0 Å². The molecule has 0 unspecified atom stereocenters. The summed E-state index contributed by atoms with van der Waals surface area (Å²) in [4.78, 5) is 14.2. The lowest BCUT2D eigenvalue weighted by molar-refractivity contribution is 0.182. The van der Waals surface area contributed by atoms with Crippen LogP contribution in [0.4, 0.5) is 4.79 Å². The molecule has 5 nitrogen and oxygen atoms in total. The van der Waals surface area contributed by atoms with E-state index in [4.69, 9.17) is 4.52 Å². The van der Waals surface area contributed by atoms with Crippen molar-refractivity contribution in [2.45, 2.75) is 58.9 Å². The molecule has 2 amide bonds. The van der Waals surface area contributed by atoms with Crippen molar-refractivity contribution in [1.82, 2.24) is 15.4 Å². The maximum atomic E-state index is 12.3. The highest BCUT2D eigenvalue weighted by atomic mass is 16.5. The Kier molecular flexibility index (Phi) is 5.26. The first kappa shape index (κ1) is 15.9. The third kappa shape index (κ3) is 3.99. The molecule has 0 aromatic carbocycles. The quantitative estimate of drug-likeness (QED) is 0.900. The summed E-state index contributed by atoms with van der Waals surface area (Å²) in [6.45, 7) is 10.0. The number of urea groups is 1. The van der Waals surface area contributed by atoms with E-state index in [1.54, 1.807) is 0 Å². The summed E-state index contributed by atoms with van der Waals surface area (Å²) in [6.07, 6.45) is 2.97. The first-order chi connectivity index (χ1) is 9.99. The van der Waals surface area contributed by atoms with Gasteiger partial charge >= 0.3 is 6.03 Å². The van der Waals surface area contributed by atoms with E-state index >= 15 is 0 Å². The van der Waals surface area contributed by atoms with E-state index in [1.165, 1.54) is 0 Å². The van der Waals surface area contributed by atoms with Crippen LogP contribution in [0.15, 0.2) is 10.6 Å². The number of rotatable bonds is 5. The van der Waals surface area contributed by atoms with Gasteiger partial charge in [-0.15, -0.1) is 0 Å². The Labute approximate surface area is 127 Å². The van der Waals surface area contributed by atoms with Gasteiger partial charge in [0.25, 0.3) is 0 Å². The number of hydrogen-bond acceptors (Lipinski definition) is 3. The third-order valence-electron chi connectivity index (χ3n) is 3.98. The van der Waals surface area contributed by atoms with Crippen molar-refractivity contribution < 1.29 is 9.32 Å². The Morgan fingerprint density at radius 2 is 2.24 bits per heavy atom. The molecule has 21 heavy (non-hydrogen) atoms. The molecule has 0 spiro atoms. The lowest BCUT2D eigenvalue weighted by Crippen LogP contribution is -2.40. The Hall–Kier alpha value is -1.52. The van der Waals surface area contributed by atoms with Crippen molar-refractivity contribution in [3.8, 4) is 0 Å². The maximum absolute atomic E-state index is 12.3. The largest absolute Gasteiger partial charge is 0.359 e. The van der Waals surface area contributed by atoms with Crippen LogP contribution in [0.5, 0.6) is 0 Å². The van der Waals surface area contributed by atoms with Crippen LogP contribution in [-0.2, 0) is 0 Å². The van der Waals surface area contributed by atoms with Gasteiger partial charge in [-0.1, -0.05) is 32.9 Å². The first-order valence-corrected chi connectivity index (χ1v) is 8.00. The highest BCUT2D eigenvalue weighted by Crippen LogP contribution is 2.33. The molecule has 1 aliphatic rings. The summed E-state index contributed by atoms with van der Waals surface area (Å²) in [5.74, 6) is 1.76. The number of carbonyl (C=O) groups excluding carboxylic acids is 1. The van der Waals surface area contributed by atoms with Crippen LogP contribution in [0, 0.1) is 5.92 Å². The minimum absolute atomic E-state index is 0.0145. The third-order valence-corrected chi connectivity index (χ3v) is 3.98. The zero-order valence-corrected chi connectivity index (χ0v) is 13.6. The van der Waals surface area contributed by atoms with E-state index in [0.717, 1.165) is 43.8 Å². The van der Waals surface area contributed by atoms with Gasteiger partial charge in [0, 0.05) is 19.2 Å². The summed E-state index contributed by atoms with van der Waals surface area (Å²) in [7, 11) is 0. The standard InChI is InChI=1S/C16H27N3O2/c1-11(2)7-8-17-16(20)19-9-5-6-14(19)15-10-13(12(3)4)18-21-15/h10-12,14H,5-9H2,1-4H3,(H,17,20)/t14-/m1/s1. The second-order valence-electron chi connectivity index (χ2n) is 6.57. The Morgan fingerprint density at radius 3 is 2.86 bits per heavy atom. The van der Waals surface area contributed by atoms with E-state index < -0.39 is 0 Å². The highest BCUT2D eigenvalue weighted by molar-refractivity contribution is 5.75. The molecule has 1 saturated heterocycles. The number of nitrogens with one attached hydrogen (secondary N) is 1. The van der Waals surface area contributed by atoms with E-state index in [-0.39, 0.29) is 12.1 Å². The van der Waals surface area contributed by atoms with Crippen LogP contribution in [0.3, 0.4) is 0 Å². The van der Waals surface area contributed by atoms with Gasteiger partial charge in [-0.05, 0) is 31.1 Å². The van der Waals surface area contributed by atoms with Crippen molar-refractivity contribution in [3.05, 3.63) is 17.5 Å². The fraction of sp³-hybridized carbons (Fsp3) is 0.750. The monoisotopic (exact) mass is 293 g/mol. The zero-order chi connectivity index (χ0) is 15.4. The highest BCUT2D eigenvalue weighted by Gasteiger charge is 2.32. The van der Waals surface area contributed by atoms with Gasteiger partial charge in [0.05, 0.1) is 11.7 Å². The van der Waals surface area contributed by atoms with Gasteiger partial charge < -0.3 is 14.7 Å². The number of likely N-dealkylation sites (tertiary alicyclic amines) is 1. The second kappa shape index (κ2) is 6.96. The molecule has 0 aliphatic carbocycles. The summed E-state index contributed by atoms with van der Waals surface area (Å²) in [5.41, 5.74) is 0.956. The van der Waals surface area contributed by atoms with Crippen molar-refractivity contribution in [2.24, 2.45) is 5.92 Å². The fourth-order valence-corrected chi connectivity index (χ4v) is 2.61. The number of aromatic nitrogens is 1. The molecule has 2 heterocycles. The molecule has 0 saturated carbocycles. The molecule has 118 valence electrons. The van der Waals surface area contributed by atoms with Gasteiger partial charge in [0.2, 0.25) is 0 Å².